The summed E-state index contributed by atoms with van der Waals surface area (Å²) in [5, 5.41) is 4.07. The highest BCUT2D eigenvalue weighted by Crippen LogP contribution is 2.34. The number of hydrogen-bond acceptors (Lipinski definition) is 4. The molecule has 0 atom stereocenters. The molecule has 7 heteroatoms. The van der Waals surface area contributed by atoms with E-state index in [4.69, 9.17) is 9.47 Å². The number of halogens is 2. The smallest absolute Gasteiger partial charge is 0.240 e. The standard InChI is InChI=1S/C24H22BrIN2O3/c1-30-22-14-19(15-27-28-23(29)12-9-17-5-3-2-4-6-17)13-21(26)24(22)31-16-18-7-10-20(25)11-8-18/h2-8,10-11,13-15H,9,12,16H2,1H3,(H,28,29)/b27-15-. The number of hydrazone groups is 1. The molecule has 0 aliphatic carbocycles. The van der Waals surface area contributed by atoms with Crippen LogP contribution in [0.2, 0.25) is 0 Å². The van der Waals surface area contributed by atoms with Gasteiger partial charge in [0.05, 0.1) is 16.9 Å². The van der Waals surface area contributed by atoms with Crippen LogP contribution in [0.4, 0.5) is 0 Å². The first-order valence-corrected chi connectivity index (χ1v) is 11.5. The van der Waals surface area contributed by atoms with Crippen molar-refractivity contribution in [1.82, 2.24) is 5.43 Å². The van der Waals surface area contributed by atoms with Crippen molar-refractivity contribution < 1.29 is 14.3 Å². The van der Waals surface area contributed by atoms with Crippen LogP contribution in [0, 0.1) is 3.57 Å². The molecule has 3 aromatic rings. The summed E-state index contributed by atoms with van der Waals surface area (Å²) in [6, 6.07) is 21.6. The number of amides is 1. The summed E-state index contributed by atoms with van der Waals surface area (Å²) >= 11 is 5.64. The van der Waals surface area contributed by atoms with Gasteiger partial charge in [-0.25, -0.2) is 5.43 Å². The lowest BCUT2D eigenvalue weighted by molar-refractivity contribution is -0.121. The predicted octanol–water partition coefficient (Wildman–Crippen LogP) is 5.72. The number of carbonyl (C=O) groups is 1. The minimum absolute atomic E-state index is 0.129. The van der Waals surface area contributed by atoms with Gasteiger partial charge in [-0.2, -0.15) is 5.10 Å². The van der Waals surface area contributed by atoms with Crippen LogP contribution in [0.15, 0.2) is 76.3 Å². The maximum atomic E-state index is 12.0. The highest BCUT2D eigenvalue weighted by atomic mass is 127. The fourth-order valence-corrected chi connectivity index (χ4v) is 3.87. The van der Waals surface area contributed by atoms with Gasteiger partial charge in [0.15, 0.2) is 11.5 Å². The molecule has 1 amide bonds. The van der Waals surface area contributed by atoms with Crippen molar-refractivity contribution in [2.45, 2.75) is 19.4 Å². The van der Waals surface area contributed by atoms with Crippen molar-refractivity contribution in [1.29, 1.82) is 0 Å². The third-order valence-electron chi connectivity index (χ3n) is 4.43. The zero-order chi connectivity index (χ0) is 22.1. The highest BCUT2D eigenvalue weighted by Gasteiger charge is 2.11. The van der Waals surface area contributed by atoms with E-state index in [1.165, 1.54) is 0 Å². The van der Waals surface area contributed by atoms with E-state index in [9.17, 15) is 4.79 Å². The zero-order valence-electron chi connectivity index (χ0n) is 17.0. The van der Waals surface area contributed by atoms with E-state index in [0.29, 0.717) is 30.9 Å². The Morgan fingerprint density at radius 2 is 1.84 bits per heavy atom. The quantitative estimate of drug-likeness (QED) is 0.196. The molecule has 3 rings (SSSR count). The van der Waals surface area contributed by atoms with Crippen molar-refractivity contribution in [3.63, 3.8) is 0 Å². The van der Waals surface area contributed by atoms with Crippen LogP contribution in [0.1, 0.15) is 23.1 Å². The van der Waals surface area contributed by atoms with Gasteiger partial charge in [-0.3, -0.25) is 4.79 Å². The van der Waals surface area contributed by atoms with Crippen LogP contribution in [-0.2, 0) is 17.8 Å². The Bertz CT molecular complexity index is 1040. The van der Waals surface area contributed by atoms with E-state index >= 15 is 0 Å². The Labute approximate surface area is 204 Å². The number of aryl methyl sites for hydroxylation is 1. The maximum Gasteiger partial charge on any atom is 0.240 e. The van der Waals surface area contributed by atoms with E-state index in [1.807, 2.05) is 66.7 Å². The van der Waals surface area contributed by atoms with Crippen LogP contribution < -0.4 is 14.9 Å². The number of benzene rings is 3. The normalized spacial score (nSPS) is 10.8. The Kier molecular flexibility index (Phi) is 8.90. The van der Waals surface area contributed by atoms with Gasteiger partial charge in [-0.05, 0) is 70.0 Å². The Morgan fingerprint density at radius 3 is 2.55 bits per heavy atom. The Hall–Kier alpha value is -2.39. The van der Waals surface area contributed by atoms with Crippen molar-refractivity contribution in [3.05, 3.63) is 91.5 Å². The van der Waals surface area contributed by atoms with Crippen LogP contribution in [0.5, 0.6) is 11.5 Å². The molecule has 0 aliphatic heterocycles. The molecule has 0 saturated carbocycles. The van der Waals surface area contributed by atoms with Gasteiger partial charge in [0, 0.05) is 10.9 Å². The second-order valence-electron chi connectivity index (χ2n) is 6.73. The summed E-state index contributed by atoms with van der Waals surface area (Å²) in [7, 11) is 1.60. The molecule has 0 fully saturated rings. The third kappa shape index (κ3) is 7.36. The molecular formula is C24H22BrIN2O3. The van der Waals surface area contributed by atoms with Crippen molar-refractivity contribution in [2.75, 3.05) is 7.11 Å². The first-order valence-electron chi connectivity index (χ1n) is 9.66. The van der Waals surface area contributed by atoms with Crippen LogP contribution >= 0.6 is 38.5 Å². The minimum atomic E-state index is -0.129. The van der Waals surface area contributed by atoms with E-state index in [1.54, 1.807) is 13.3 Å². The summed E-state index contributed by atoms with van der Waals surface area (Å²) in [5.41, 5.74) is 5.57. The number of rotatable bonds is 9. The monoisotopic (exact) mass is 592 g/mol. The molecule has 3 aromatic carbocycles. The van der Waals surface area contributed by atoms with E-state index in [0.717, 1.165) is 24.7 Å². The summed E-state index contributed by atoms with van der Waals surface area (Å²) in [5.74, 6) is 1.16. The summed E-state index contributed by atoms with van der Waals surface area (Å²) < 4.78 is 13.4. The maximum absolute atomic E-state index is 12.0. The summed E-state index contributed by atoms with van der Waals surface area (Å²) in [6.07, 6.45) is 2.66. The minimum Gasteiger partial charge on any atom is -0.493 e. The number of ether oxygens (including phenoxy) is 2. The first kappa shape index (κ1) is 23.3. The fourth-order valence-electron chi connectivity index (χ4n) is 2.83. The molecule has 5 nitrogen and oxygen atoms in total. The molecule has 160 valence electrons. The fraction of sp³-hybridized carbons (Fsp3) is 0.167. The van der Waals surface area contributed by atoms with Gasteiger partial charge in [-0.15, -0.1) is 0 Å². The van der Waals surface area contributed by atoms with Crippen molar-refractivity contribution in [2.24, 2.45) is 5.10 Å². The number of carbonyl (C=O) groups excluding carboxylic acids is 1. The SMILES string of the molecule is COc1cc(/C=N\NC(=O)CCc2ccccc2)cc(I)c1OCc1ccc(Br)cc1. The number of hydrogen-bond donors (Lipinski definition) is 1. The molecular weight excluding hydrogens is 571 g/mol. The van der Waals surface area contributed by atoms with Crippen LogP contribution in [-0.4, -0.2) is 19.2 Å². The second-order valence-corrected chi connectivity index (χ2v) is 8.81. The van der Waals surface area contributed by atoms with Gasteiger partial charge >= 0.3 is 0 Å². The molecule has 31 heavy (non-hydrogen) atoms. The van der Waals surface area contributed by atoms with Gasteiger partial charge in [0.1, 0.15) is 6.61 Å². The average Bonchev–Trinajstić information content (AvgIpc) is 2.78. The second kappa shape index (κ2) is 11.9. The topological polar surface area (TPSA) is 59.9 Å². The molecule has 0 aliphatic rings. The molecule has 0 heterocycles. The highest BCUT2D eigenvalue weighted by molar-refractivity contribution is 14.1. The lowest BCUT2D eigenvalue weighted by Gasteiger charge is -2.13. The molecule has 0 aromatic heterocycles. The Morgan fingerprint density at radius 1 is 1.10 bits per heavy atom. The van der Waals surface area contributed by atoms with Crippen molar-refractivity contribution >= 4 is 50.6 Å². The van der Waals surface area contributed by atoms with E-state index in [2.05, 4.69) is 49.0 Å². The number of methoxy groups -OCH3 is 1. The largest absolute Gasteiger partial charge is 0.493 e. The summed E-state index contributed by atoms with van der Waals surface area (Å²) in [6.45, 7) is 0.435. The Balaban J connectivity index is 1.58. The molecule has 0 radical (unpaired) electrons. The zero-order valence-corrected chi connectivity index (χ0v) is 20.7. The number of nitrogens with zero attached hydrogens (tertiary/aromatic N) is 1. The van der Waals surface area contributed by atoms with E-state index in [-0.39, 0.29) is 5.91 Å². The molecule has 0 saturated heterocycles. The molecule has 0 bridgehead atoms. The van der Waals surface area contributed by atoms with Crippen LogP contribution in [0.3, 0.4) is 0 Å². The molecule has 1 N–H and O–H groups in total. The predicted molar refractivity (Wildman–Crippen MR) is 135 cm³/mol. The van der Waals surface area contributed by atoms with Gasteiger partial charge in [-0.1, -0.05) is 58.4 Å². The van der Waals surface area contributed by atoms with Crippen LogP contribution in [0.25, 0.3) is 0 Å². The third-order valence-corrected chi connectivity index (χ3v) is 5.76. The lowest BCUT2D eigenvalue weighted by Crippen LogP contribution is -2.17. The van der Waals surface area contributed by atoms with Crippen molar-refractivity contribution in [3.8, 4) is 11.5 Å². The van der Waals surface area contributed by atoms with Gasteiger partial charge in [0.2, 0.25) is 5.91 Å². The van der Waals surface area contributed by atoms with Gasteiger partial charge < -0.3 is 9.47 Å². The number of nitrogens with one attached hydrogen (secondary N) is 1. The van der Waals surface area contributed by atoms with Gasteiger partial charge in [0.25, 0.3) is 0 Å². The molecule has 0 spiro atoms. The average molecular weight is 593 g/mol. The lowest BCUT2D eigenvalue weighted by atomic mass is 10.1. The van der Waals surface area contributed by atoms with E-state index < -0.39 is 0 Å². The first-order chi connectivity index (χ1) is 15.0. The summed E-state index contributed by atoms with van der Waals surface area (Å²) in [4.78, 5) is 12.0. The molecule has 0 unspecified atom stereocenters.